The predicted octanol–water partition coefficient (Wildman–Crippen LogP) is 3.46. The first-order chi connectivity index (χ1) is 6.63. The largest absolute Gasteiger partial charge is 0.309 e. The molecule has 0 heterocycles. The molecule has 0 saturated heterocycles. The third kappa shape index (κ3) is 3.67. The summed E-state index contributed by atoms with van der Waals surface area (Å²) < 4.78 is 13.4. The minimum atomic E-state index is -0.220. The Bertz CT molecular complexity index is 304. The van der Waals surface area contributed by atoms with Gasteiger partial charge in [-0.05, 0) is 40.5 Å². The molecule has 0 saturated carbocycles. The Labute approximate surface area is 100 Å². The smallest absolute Gasteiger partial charge is 0.137 e. The molecule has 0 aliphatic rings. The highest BCUT2D eigenvalue weighted by atomic mass is 79.9. The Morgan fingerprint density at radius 1 is 1.50 bits per heavy atom. The third-order valence-corrected chi connectivity index (χ3v) is 3.45. The fourth-order valence-electron chi connectivity index (χ4n) is 0.996. The Balaban J connectivity index is 2.55. The van der Waals surface area contributed by atoms with Crippen molar-refractivity contribution >= 4 is 31.9 Å². The van der Waals surface area contributed by atoms with Gasteiger partial charge in [-0.15, -0.1) is 0 Å². The van der Waals surface area contributed by atoms with Crippen molar-refractivity contribution < 1.29 is 4.39 Å². The molecule has 0 fully saturated rings. The summed E-state index contributed by atoms with van der Waals surface area (Å²) in [4.78, 5) is 0. The van der Waals surface area contributed by atoms with E-state index in [1.165, 1.54) is 6.07 Å². The molecule has 1 aromatic rings. The fraction of sp³-hybridized carbons (Fsp3) is 0.400. The van der Waals surface area contributed by atoms with Gasteiger partial charge in [-0.3, -0.25) is 0 Å². The van der Waals surface area contributed by atoms with Crippen LogP contribution in [0.2, 0.25) is 0 Å². The lowest BCUT2D eigenvalue weighted by Crippen LogP contribution is -2.26. The Morgan fingerprint density at radius 2 is 2.21 bits per heavy atom. The Kier molecular flexibility index (Phi) is 5.06. The Morgan fingerprint density at radius 3 is 2.79 bits per heavy atom. The minimum Gasteiger partial charge on any atom is -0.309 e. The summed E-state index contributed by atoms with van der Waals surface area (Å²) in [6.07, 6.45) is 0. The molecule has 1 aromatic carbocycles. The molecule has 78 valence electrons. The zero-order valence-corrected chi connectivity index (χ0v) is 11.0. The summed E-state index contributed by atoms with van der Waals surface area (Å²) in [7, 11) is 0. The van der Waals surface area contributed by atoms with E-state index >= 15 is 0 Å². The average molecular weight is 325 g/mol. The predicted molar refractivity (Wildman–Crippen MR) is 64.2 cm³/mol. The monoisotopic (exact) mass is 323 g/mol. The summed E-state index contributed by atoms with van der Waals surface area (Å²) in [5.74, 6) is -0.220. The maximum absolute atomic E-state index is 12.9. The molecule has 0 aromatic heterocycles. The van der Waals surface area contributed by atoms with E-state index in [0.29, 0.717) is 10.5 Å². The number of benzene rings is 1. The second-order valence-corrected chi connectivity index (χ2v) is 4.69. The standard InChI is InChI=1S/C10H12Br2FN/c1-7(5-11)14-6-8-2-3-10(13)9(12)4-8/h2-4,7,14H,5-6H2,1H3. The maximum Gasteiger partial charge on any atom is 0.137 e. The van der Waals surface area contributed by atoms with Crippen molar-refractivity contribution in [2.24, 2.45) is 0 Å². The van der Waals surface area contributed by atoms with Crippen LogP contribution in [0.3, 0.4) is 0 Å². The summed E-state index contributed by atoms with van der Waals surface area (Å²) in [5.41, 5.74) is 1.08. The first kappa shape index (κ1) is 12.1. The molecule has 1 N–H and O–H groups in total. The molecule has 0 bridgehead atoms. The molecule has 1 atom stereocenters. The third-order valence-electron chi connectivity index (χ3n) is 1.87. The van der Waals surface area contributed by atoms with Gasteiger partial charge in [-0.25, -0.2) is 4.39 Å². The van der Waals surface area contributed by atoms with E-state index in [1.54, 1.807) is 12.1 Å². The number of rotatable bonds is 4. The van der Waals surface area contributed by atoms with Gasteiger partial charge in [0, 0.05) is 17.9 Å². The molecule has 0 amide bonds. The number of hydrogen-bond acceptors (Lipinski definition) is 1. The van der Waals surface area contributed by atoms with Gasteiger partial charge in [-0.1, -0.05) is 22.0 Å². The molecule has 0 aliphatic carbocycles. The van der Waals surface area contributed by atoms with Crippen molar-refractivity contribution in [3.05, 3.63) is 34.1 Å². The van der Waals surface area contributed by atoms with E-state index < -0.39 is 0 Å². The molecular formula is C10H12Br2FN. The van der Waals surface area contributed by atoms with Crippen LogP contribution in [0.5, 0.6) is 0 Å². The highest BCUT2D eigenvalue weighted by Crippen LogP contribution is 2.16. The van der Waals surface area contributed by atoms with E-state index in [2.05, 4.69) is 44.1 Å². The van der Waals surface area contributed by atoms with E-state index in [0.717, 1.165) is 17.4 Å². The first-order valence-electron chi connectivity index (χ1n) is 4.36. The lowest BCUT2D eigenvalue weighted by molar-refractivity contribution is 0.593. The van der Waals surface area contributed by atoms with Gasteiger partial charge in [0.2, 0.25) is 0 Å². The van der Waals surface area contributed by atoms with Gasteiger partial charge in [0.15, 0.2) is 0 Å². The molecule has 1 nitrogen and oxygen atoms in total. The minimum absolute atomic E-state index is 0.220. The van der Waals surface area contributed by atoms with Gasteiger partial charge >= 0.3 is 0 Å². The van der Waals surface area contributed by atoms with Gasteiger partial charge in [0.05, 0.1) is 4.47 Å². The first-order valence-corrected chi connectivity index (χ1v) is 6.28. The van der Waals surface area contributed by atoms with Crippen LogP contribution in [0.25, 0.3) is 0 Å². The van der Waals surface area contributed by atoms with Crippen LogP contribution in [-0.2, 0) is 6.54 Å². The summed E-state index contributed by atoms with van der Waals surface area (Å²) in [5, 5.41) is 4.22. The second-order valence-electron chi connectivity index (χ2n) is 3.18. The van der Waals surface area contributed by atoms with Gasteiger partial charge < -0.3 is 5.32 Å². The van der Waals surface area contributed by atoms with E-state index in [4.69, 9.17) is 0 Å². The molecular weight excluding hydrogens is 313 g/mol. The number of alkyl halides is 1. The molecule has 0 aliphatic heterocycles. The highest BCUT2D eigenvalue weighted by Gasteiger charge is 2.02. The normalized spacial score (nSPS) is 12.9. The van der Waals surface area contributed by atoms with Gasteiger partial charge in [-0.2, -0.15) is 0 Å². The van der Waals surface area contributed by atoms with Crippen molar-refractivity contribution in [3.8, 4) is 0 Å². The zero-order chi connectivity index (χ0) is 10.6. The molecule has 0 radical (unpaired) electrons. The van der Waals surface area contributed by atoms with Crippen molar-refractivity contribution in [1.82, 2.24) is 5.32 Å². The zero-order valence-electron chi connectivity index (χ0n) is 7.86. The van der Waals surface area contributed by atoms with Gasteiger partial charge in [0.25, 0.3) is 0 Å². The summed E-state index contributed by atoms with van der Waals surface area (Å²) in [6.45, 7) is 2.85. The van der Waals surface area contributed by atoms with Crippen LogP contribution in [0, 0.1) is 5.82 Å². The molecule has 1 unspecified atom stereocenters. The molecule has 1 rings (SSSR count). The van der Waals surface area contributed by atoms with Crippen LogP contribution in [0.1, 0.15) is 12.5 Å². The van der Waals surface area contributed by atoms with Crippen LogP contribution in [0.15, 0.2) is 22.7 Å². The lowest BCUT2D eigenvalue weighted by atomic mass is 10.2. The summed E-state index contributed by atoms with van der Waals surface area (Å²) in [6, 6.07) is 5.47. The number of hydrogen-bond donors (Lipinski definition) is 1. The highest BCUT2D eigenvalue weighted by molar-refractivity contribution is 9.10. The van der Waals surface area contributed by atoms with Crippen LogP contribution < -0.4 is 5.32 Å². The molecule has 0 spiro atoms. The topological polar surface area (TPSA) is 12.0 Å². The number of halogens is 3. The van der Waals surface area contributed by atoms with Crippen LogP contribution >= 0.6 is 31.9 Å². The van der Waals surface area contributed by atoms with Crippen molar-refractivity contribution in [2.75, 3.05) is 5.33 Å². The van der Waals surface area contributed by atoms with E-state index in [9.17, 15) is 4.39 Å². The van der Waals surface area contributed by atoms with Crippen molar-refractivity contribution in [1.29, 1.82) is 0 Å². The van der Waals surface area contributed by atoms with Crippen molar-refractivity contribution in [3.63, 3.8) is 0 Å². The fourth-order valence-corrected chi connectivity index (χ4v) is 1.65. The number of nitrogens with one attached hydrogen (secondary N) is 1. The van der Waals surface area contributed by atoms with E-state index in [1.807, 2.05) is 0 Å². The van der Waals surface area contributed by atoms with Crippen LogP contribution in [-0.4, -0.2) is 11.4 Å². The van der Waals surface area contributed by atoms with Crippen molar-refractivity contribution in [2.45, 2.75) is 19.5 Å². The van der Waals surface area contributed by atoms with Crippen LogP contribution in [0.4, 0.5) is 4.39 Å². The Hall–Kier alpha value is 0.0700. The quantitative estimate of drug-likeness (QED) is 0.836. The second kappa shape index (κ2) is 5.83. The van der Waals surface area contributed by atoms with Gasteiger partial charge in [0.1, 0.15) is 5.82 Å². The van der Waals surface area contributed by atoms with E-state index in [-0.39, 0.29) is 5.82 Å². The molecule has 14 heavy (non-hydrogen) atoms. The average Bonchev–Trinajstić information content (AvgIpc) is 2.19. The maximum atomic E-state index is 12.9. The molecule has 4 heteroatoms. The summed E-state index contributed by atoms with van der Waals surface area (Å²) >= 11 is 6.54. The lowest BCUT2D eigenvalue weighted by Gasteiger charge is -2.10. The SMILES string of the molecule is CC(CBr)NCc1ccc(F)c(Br)c1.